The van der Waals surface area contributed by atoms with E-state index in [0.717, 1.165) is 10.5 Å². The van der Waals surface area contributed by atoms with Crippen LogP contribution in [0, 0.1) is 5.82 Å². The van der Waals surface area contributed by atoms with Crippen LogP contribution in [0.5, 0.6) is 11.5 Å². The smallest absolute Gasteiger partial charge is 0.335 e. The number of hydrogen-bond acceptors (Lipinski definition) is 5. The van der Waals surface area contributed by atoms with Crippen LogP contribution in [0.4, 0.5) is 14.9 Å². The second-order valence-electron chi connectivity index (χ2n) is 7.47. The summed E-state index contributed by atoms with van der Waals surface area (Å²) in [6.07, 6.45) is 1.39. The number of ether oxygens (including phenoxy) is 2. The summed E-state index contributed by atoms with van der Waals surface area (Å²) in [7, 11) is 0. The van der Waals surface area contributed by atoms with Crippen LogP contribution in [0.15, 0.2) is 76.8 Å². The lowest BCUT2D eigenvalue weighted by molar-refractivity contribution is -0.122. The van der Waals surface area contributed by atoms with E-state index in [0.29, 0.717) is 33.8 Å². The molecule has 1 saturated heterocycles. The number of anilines is 1. The summed E-state index contributed by atoms with van der Waals surface area (Å²) in [4.78, 5) is 38.8. The molecule has 1 aliphatic heterocycles. The van der Waals surface area contributed by atoms with Gasteiger partial charge in [-0.25, -0.2) is 14.1 Å². The monoisotopic (exact) mass is 538 g/mol. The minimum absolute atomic E-state index is 0.175. The highest BCUT2D eigenvalue weighted by Gasteiger charge is 2.36. The first-order valence-electron chi connectivity index (χ1n) is 10.7. The molecule has 0 aromatic heterocycles. The zero-order valence-corrected chi connectivity index (χ0v) is 20.2. The van der Waals surface area contributed by atoms with Gasteiger partial charge in [0.25, 0.3) is 11.8 Å². The van der Waals surface area contributed by atoms with Crippen LogP contribution in [0.1, 0.15) is 18.1 Å². The fourth-order valence-corrected chi connectivity index (χ4v) is 4.02. The van der Waals surface area contributed by atoms with Crippen molar-refractivity contribution < 1.29 is 28.2 Å². The average molecular weight is 539 g/mol. The summed E-state index contributed by atoms with van der Waals surface area (Å²) in [5.74, 6) is -1.07. The van der Waals surface area contributed by atoms with Crippen molar-refractivity contribution in [3.63, 3.8) is 0 Å². The molecule has 178 valence electrons. The van der Waals surface area contributed by atoms with Gasteiger partial charge in [0.1, 0.15) is 18.0 Å². The predicted molar refractivity (Wildman–Crippen MR) is 131 cm³/mol. The standard InChI is InChI=1S/C26H20BrFN2O5/c1-2-34-22-14-17(13-21(27)23(22)35-15-16-8-10-18(28)11-9-16)12-20-24(31)29-26(33)30(25(20)32)19-6-4-3-5-7-19/h3-14H,2,15H2,1H3,(H,29,31,33)/b20-12+. The summed E-state index contributed by atoms with van der Waals surface area (Å²) in [6.45, 7) is 2.33. The van der Waals surface area contributed by atoms with E-state index in [9.17, 15) is 18.8 Å². The number of para-hydroxylation sites is 1. The Kier molecular flexibility index (Phi) is 7.26. The Morgan fingerprint density at radius 1 is 1.00 bits per heavy atom. The fraction of sp³-hybridized carbons (Fsp3) is 0.115. The number of carbonyl (C=O) groups is 3. The maximum Gasteiger partial charge on any atom is 0.335 e. The molecule has 1 fully saturated rings. The van der Waals surface area contributed by atoms with Crippen LogP contribution in [0.2, 0.25) is 0 Å². The van der Waals surface area contributed by atoms with Crippen molar-refractivity contribution in [2.75, 3.05) is 11.5 Å². The highest BCUT2D eigenvalue weighted by molar-refractivity contribution is 9.10. The van der Waals surface area contributed by atoms with Crippen LogP contribution >= 0.6 is 15.9 Å². The van der Waals surface area contributed by atoms with Crippen molar-refractivity contribution >= 4 is 45.5 Å². The number of rotatable bonds is 7. The molecule has 3 aromatic carbocycles. The first kappa shape index (κ1) is 24.2. The topological polar surface area (TPSA) is 84.9 Å². The molecule has 0 saturated carbocycles. The second kappa shape index (κ2) is 10.5. The normalized spacial score (nSPS) is 14.8. The highest BCUT2D eigenvalue weighted by Crippen LogP contribution is 2.38. The molecule has 1 N–H and O–H groups in total. The molecular formula is C26H20BrFN2O5. The van der Waals surface area contributed by atoms with Crippen LogP contribution < -0.4 is 19.7 Å². The summed E-state index contributed by atoms with van der Waals surface area (Å²) >= 11 is 3.46. The molecule has 35 heavy (non-hydrogen) atoms. The lowest BCUT2D eigenvalue weighted by Gasteiger charge is -2.26. The molecule has 0 atom stereocenters. The van der Waals surface area contributed by atoms with Gasteiger partial charge < -0.3 is 9.47 Å². The predicted octanol–water partition coefficient (Wildman–Crippen LogP) is 5.23. The van der Waals surface area contributed by atoms with Crippen molar-refractivity contribution in [1.29, 1.82) is 0 Å². The van der Waals surface area contributed by atoms with Gasteiger partial charge in [-0.15, -0.1) is 0 Å². The number of halogens is 2. The Morgan fingerprint density at radius 2 is 1.71 bits per heavy atom. The van der Waals surface area contributed by atoms with E-state index in [2.05, 4.69) is 21.2 Å². The third kappa shape index (κ3) is 5.41. The zero-order chi connectivity index (χ0) is 24.9. The van der Waals surface area contributed by atoms with Gasteiger partial charge in [-0.1, -0.05) is 30.3 Å². The van der Waals surface area contributed by atoms with Crippen LogP contribution in [-0.4, -0.2) is 24.5 Å². The SMILES string of the molecule is CCOc1cc(/C=C2\C(=O)NC(=O)N(c3ccccc3)C2=O)cc(Br)c1OCc1ccc(F)cc1. The third-order valence-corrected chi connectivity index (χ3v) is 5.64. The number of barbiturate groups is 1. The Bertz CT molecular complexity index is 1310. The highest BCUT2D eigenvalue weighted by atomic mass is 79.9. The van der Waals surface area contributed by atoms with Crippen molar-refractivity contribution in [2.24, 2.45) is 0 Å². The Balaban J connectivity index is 1.65. The van der Waals surface area contributed by atoms with E-state index in [4.69, 9.17) is 9.47 Å². The lowest BCUT2D eigenvalue weighted by Crippen LogP contribution is -2.54. The number of imide groups is 2. The minimum atomic E-state index is -0.816. The molecule has 0 unspecified atom stereocenters. The Labute approximate surface area is 209 Å². The van der Waals surface area contributed by atoms with Crippen LogP contribution in [-0.2, 0) is 16.2 Å². The van der Waals surface area contributed by atoms with Gasteiger partial charge in [-0.3, -0.25) is 14.9 Å². The number of hydrogen-bond donors (Lipinski definition) is 1. The van der Waals surface area contributed by atoms with Gasteiger partial charge in [0.15, 0.2) is 11.5 Å². The van der Waals surface area contributed by atoms with Gasteiger partial charge >= 0.3 is 6.03 Å². The summed E-state index contributed by atoms with van der Waals surface area (Å²) in [6, 6.07) is 16.7. The molecule has 9 heteroatoms. The van der Waals surface area contributed by atoms with Crippen molar-refractivity contribution in [2.45, 2.75) is 13.5 Å². The van der Waals surface area contributed by atoms with Gasteiger partial charge in [0.05, 0.1) is 16.8 Å². The molecule has 7 nitrogen and oxygen atoms in total. The molecule has 4 amide bonds. The molecule has 0 aliphatic carbocycles. The van der Waals surface area contributed by atoms with Gasteiger partial charge in [0, 0.05) is 0 Å². The number of nitrogens with zero attached hydrogens (tertiary/aromatic N) is 1. The molecule has 1 aliphatic rings. The number of benzene rings is 3. The summed E-state index contributed by atoms with van der Waals surface area (Å²) in [5.41, 5.74) is 1.38. The minimum Gasteiger partial charge on any atom is -0.490 e. The van der Waals surface area contributed by atoms with E-state index in [1.807, 2.05) is 6.92 Å². The summed E-state index contributed by atoms with van der Waals surface area (Å²) in [5, 5.41) is 2.20. The Morgan fingerprint density at radius 3 is 2.40 bits per heavy atom. The van der Waals surface area contributed by atoms with Crippen molar-refractivity contribution in [3.8, 4) is 11.5 Å². The van der Waals surface area contributed by atoms with E-state index in [-0.39, 0.29) is 18.0 Å². The van der Waals surface area contributed by atoms with E-state index >= 15 is 0 Å². The average Bonchev–Trinajstić information content (AvgIpc) is 2.83. The largest absolute Gasteiger partial charge is 0.490 e. The van der Waals surface area contributed by atoms with Crippen LogP contribution in [0.25, 0.3) is 6.08 Å². The van der Waals surface area contributed by atoms with Crippen LogP contribution in [0.3, 0.4) is 0 Å². The summed E-state index contributed by atoms with van der Waals surface area (Å²) < 4.78 is 25.3. The molecule has 0 bridgehead atoms. The molecule has 0 spiro atoms. The number of carbonyl (C=O) groups excluding carboxylic acids is 3. The van der Waals surface area contributed by atoms with E-state index < -0.39 is 17.8 Å². The van der Waals surface area contributed by atoms with Crippen molar-refractivity contribution in [3.05, 3.63) is 93.7 Å². The first-order chi connectivity index (χ1) is 16.9. The maximum atomic E-state index is 13.2. The maximum absolute atomic E-state index is 13.2. The number of amides is 4. The Hall–Kier alpha value is -3.98. The van der Waals surface area contributed by atoms with Crippen molar-refractivity contribution in [1.82, 2.24) is 5.32 Å². The molecule has 3 aromatic rings. The molecule has 4 rings (SSSR count). The molecule has 0 radical (unpaired) electrons. The van der Waals surface area contributed by atoms with E-state index in [1.54, 1.807) is 54.6 Å². The zero-order valence-electron chi connectivity index (χ0n) is 18.6. The van der Waals surface area contributed by atoms with Gasteiger partial charge in [0.2, 0.25) is 0 Å². The van der Waals surface area contributed by atoms with Gasteiger partial charge in [-0.2, -0.15) is 0 Å². The molecule has 1 heterocycles. The number of nitrogens with one attached hydrogen (secondary N) is 1. The second-order valence-corrected chi connectivity index (χ2v) is 8.33. The first-order valence-corrected chi connectivity index (χ1v) is 11.5. The third-order valence-electron chi connectivity index (χ3n) is 5.06. The lowest BCUT2D eigenvalue weighted by atomic mass is 10.1. The quantitative estimate of drug-likeness (QED) is 0.328. The van der Waals surface area contributed by atoms with E-state index in [1.165, 1.54) is 18.2 Å². The van der Waals surface area contributed by atoms with Gasteiger partial charge in [-0.05, 0) is 76.5 Å². The number of urea groups is 1. The molecular weight excluding hydrogens is 519 g/mol. The fourth-order valence-electron chi connectivity index (χ4n) is 3.45.